The van der Waals surface area contributed by atoms with E-state index < -0.39 is 0 Å². The molecule has 0 aliphatic heterocycles. The van der Waals surface area contributed by atoms with Crippen molar-refractivity contribution in [3.63, 3.8) is 0 Å². The van der Waals surface area contributed by atoms with Gasteiger partial charge in [-0.05, 0) is 42.0 Å². The second-order valence-electron chi connectivity index (χ2n) is 6.69. The zero-order valence-electron chi connectivity index (χ0n) is 13.5. The molecule has 21 heavy (non-hydrogen) atoms. The van der Waals surface area contributed by atoms with Crippen molar-refractivity contribution >= 4 is 17.6 Å². The zero-order valence-corrected chi connectivity index (χ0v) is 13.5. The molecule has 1 N–H and O–H groups in total. The largest absolute Gasteiger partial charge is 0.465 e. The molecule has 1 amide bonds. The van der Waals surface area contributed by atoms with Crippen molar-refractivity contribution in [1.29, 1.82) is 0 Å². The Labute approximate surface area is 126 Å². The Hall–Kier alpha value is -1.84. The highest BCUT2D eigenvalue weighted by molar-refractivity contribution is 5.93. The zero-order chi connectivity index (χ0) is 16.0. The topological polar surface area (TPSA) is 55.4 Å². The molecule has 0 fully saturated rings. The van der Waals surface area contributed by atoms with Crippen molar-refractivity contribution in [2.24, 2.45) is 11.3 Å². The molecule has 1 unspecified atom stereocenters. The fraction of sp³-hybridized carbons (Fsp3) is 0.529. The fourth-order valence-electron chi connectivity index (χ4n) is 2.45. The van der Waals surface area contributed by atoms with Crippen molar-refractivity contribution in [2.45, 2.75) is 40.5 Å². The van der Waals surface area contributed by atoms with E-state index >= 15 is 0 Å². The molecule has 0 spiro atoms. The number of rotatable bonds is 5. The van der Waals surface area contributed by atoms with Gasteiger partial charge in [0.1, 0.15) is 0 Å². The number of esters is 1. The first-order valence-corrected chi connectivity index (χ1v) is 7.19. The van der Waals surface area contributed by atoms with Gasteiger partial charge in [-0.3, -0.25) is 4.79 Å². The molecule has 0 aromatic heterocycles. The van der Waals surface area contributed by atoms with Crippen LogP contribution >= 0.6 is 0 Å². The van der Waals surface area contributed by atoms with Crippen LogP contribution in [0.15, 0.2) is 24.3 Å². The Kier molecular flexibility index (Phi) is 5.94. The van der Waals surface area contributed by atoms with Crippen molar-refractivity contribution in [3.8, 4) is 0 Å². The first-order valence-electron chi connectivity index (χ1n) is 7.19. The maximum absolute atomic E-state index is 12.0. The Morgan fingerprint density at radius 3 is 2.24 bits per heavy atom. The quantitative estimate of drug-likeness (QED) is 0.838. The highest BCUT2D eigenvalue weighted by Gasteiger charge is 2.17. The molecule has 0 bridgehead atoms. The summed E-state index contributed by atoms with van der Waals surface area (Å²) in [6.45, 7) is 8.61. The van der Waals surface area contributed by atoms with Gasteiger partial charge in [0.2, 0.25) is 5.91 Å². The van der Waals surface area contributed by atoms with Gasteiger partial charge in [0.05, 0.1) is 12.7 Å². The molecular formula is C17H25NO3. The summed E-state index contributed by atoms with van der Waals surface area (Å²) in [4.78, 5) is 23.3. The minimum Gasteiger partial charge on any atom is -0.465 e. The van der Waals surface area contributed by atoms with Crippen LogP contribution in [0.4, 0.5) is 5.69 Å². The van der Waals surface area contributed by atoms with Crippen LogP contribution in [0.25, 0.3) is 0 Å². The lowest BCUT2D eigenvalue weighted by Gasteiger charge is -2.22. The average Bonchev–Trinajstić information content (AvgIpc) is 2.36. The standard InChI is InChI=1S/C17H25NO3/c1-12(11-17(2,3)4)10-15(19)18-14-8-6-13(7-9-14)16(20)21-5/h6-9,12H,10-11H2,1-5H3,(H,18,19). The lowest BCUT2D eigenvalue weighted by atomic mass is 9.84. The number of carbonyl (C=O) groups excluding carboxylic acids is 2. The molecule has 0 aliphatic rings. The van der Waals surface area contributed by atoms with E-state index in [1.807, 2.05) is 0 Å². The Morgan fingerprint density at radius 1 is 1.19 bits per heavy atom. The average molecular weight is 291 g/mol. The summed E-state index contributed by atoms with van der Waals surface area (Å²) in [5.41, 5.74) is 1.38. The minimum atomic E-state index is -0.383. The highest BCUT2D eigenvalue weighted by Crippen LogP contribution is 2.26. The normalized spacial score (nSPS) is 12.6. The smallest absolute Gasteiger partial charge is 0.337 e. The number of anilines is 1. The SMILES string of the molecule is COC(=O)c1ccc(NC(=O)CC(C)CC(C)(C)C)cc1. The number of methoxy groups -OCH3 is 1. The van der Waals surface area contributed by atoms with Crippen LogP contribution in [0.1, 0.15) is 50.9 Å². The van der Waals surface area contributed by atoms with Gasteiger partial charge in [0, 0.05) is 12.1 Å². The number of ether oxygens (including phenoxy) is 1. The molecule has 0 radical (unpaired) electrons. The first-order chi connectivity index (χ1) is 9.71. The van der Waals surface area contributed by atoms with Crippen LogP contribution in [0.5, 0.6) is 0 Å². The van der Waals surface area contributed by atoms with E-state index in [9.17, 15) is 9.59 Å². The second kappa shape index (κ2) is 7.25. The van der Waals surface area contributed by atoms with E-state index in [2.05, 4.69) is 37.7 Å². The highest BCUT2D eigenvalue weighted by atomic mass is 16.5. The summed E-state index contributed by atoms with van der Waals surface area (Å²) in [6.07, 6.45) is 1.50. The summed E-state index contributed by atoms with van der Waals surface area (Å²) < 4.78 is 4.63. The van der Waals surface area contributed by atoms with E-state index in [-0.39, 0.29) is 17.3 Å². The predicted octanol–water partition coefficient (Wildman–Crippen LogP) is 3.87. The Morgan fingerprint density at radius 2 is 1.76 bits per heavy atom. The maximum Gasteiger partial charge on any atom is 0.337 e. The number of nitrogens with one attached hydrogen (secondary N) is 1. The third-order valence-electron chi connectivity index (χ3n) is 3.08. The summed E-state index contributed by atoms with van der Waals surface area (Å²) in [5, 5.41) is 2.85. The van der Waals surface area contributed by atoms with Crippen molar-refractivity contribution in [3.05, 3.63) is 29.8 Å². The molecule has 1 aromatic carbocycles. The molecule has 4 nitrogen and oxygen atoms in total. The van der Waals surface area contributed by atoms with E-state index in [0.717, 1.165) is 6.42 Å². The van der Waals surface area contributed by atoms with Gasteiger partial charge in [0.15, 0.2) is 0 Å². The predicted molar refractivity (Wildman–Crippen MR) is 84.3 cm³/mol. The van der Waals surface area contributed by atoms with E-state index in [1.165, 1.54) is 7.11 Å². The molecular weight excluding hydrogens is 266 g/mol. The van der Waals surface area contributed by atoms with Crippen LogP contribution in [0, 0.1) is 11.3 Å². The third-order valence-corrected chi connectivity index (χ3v) is 3.08. The molecule has 116 valence electrons. The molecule has 0 saturated carbocycles. The molecule has 1 rings (SSSR count). The summed E-state index contributed by atoms with van der Waals surface area (Å²) in [6, 6.07) is 6.69. The minimum absolute atomic E-state index is 0.00225. The Bertz CT molecular complexity index is 486. The number of benzene rings is 1. The van der Waals surface area contributed by atoms with Crippen LogP contribution in [-0.4, -0.2) is 19.0 Å². The molecule has 0 saturated heterocycles. The summed E-state index contributed by atoms with van der Waals surface area (Å²) >= 11 is 0. The molecule has 4 heteroatoms. The maximum atomic E-state index is 12.0. The van der Waals surface area contributed by atoms with E-state index in [4.69, 9.17) is 0 Å². The number of carbonyl (C=O) groups is 2. The van der Waals surface area contributed by atoms with E-state index in [1.54, 1.807) is 24.3 Å². The van der Waals surface area contributed by atoms with Gasteiger partial charge in [-0.2, -0.15) is 0 Å². The molecule has 1 aromatic rings. The number of hydrogen-bond acceptors (Lipinski definition) is 3. The third kappa shape index (κ3) is 6.43. The Balaban J connectivity index is 2.53. The van der Waals surface area contributed by atoms with Gasteiger partial charge < -0.3 is 10.1 Å². The van der Waals surface area contributed by atoms with Crippen molar-refractivity contribution in [1.82, 2.24) is 0 Å². The fourth-order valence-corrected chi connectivity index (χ4v) is 2.45. The molecule has 0 aliphatic carbocycles. The van der Waals surface area contributed by atoms with Gasteiger partial charge in [-0.1, -0.05) is 27.7 Å². The molecule has 0 heterocycles. The first kappa shape index (κ1) is 17.2. The number of hydrogen-bond donors (Lipinski definition) is 1. The molecule has 1 atom stereocenters. The van der Waals surface area contributed by atoms with E-state index in [0.29, 0.717) is 23.6 Å². The van der Waals surface area contributed by atoms with Crippen molar-refractivity contribution < 1.29 is 14.3 Å². The van der Waals surface area contributed by atoms with Crippen molar-refractivity contribution in [2.75, 3.05) is 12.4 Å². The van der Waals surface area contributed by atoms with Gasteiger partial charge in [-0.15, -0.1) is 0 Å². The van der Waals surface area contributed by atoms with Gasteiger partial charge in [0.25, 0.3) is 0 Å². The van der Waals surface area contributed by atoms with Gasteiger partial charge in [-0.25, -0.2) is 4.79 Å². The lowest BCUT2D eigenvalue weighted by Crippen LogP contribution is -2.18. The van der Waals surface area contributed by atoms with Crippen LogP contribution < -0.4 is 5.32 Å². The summed E-state index contributed by atoms with van der Waals surface area (Å²) in [5.74, 6) is -0.0522. The summed E-state index contributed by atoms with van der Waals surface area (Å²) in [7, 11) is 1.34. The lowest BCUT2D eigenvalue weighted by molar-refractivity contribution is -0.117. The van der Waals surface area contributed by atoms with Crippen LogP contribution in [0.2, 0.25) is 0 Å². The van der Waals surface area contributed by atoms with Crippen LogP contribution in [0.3, 0.4) is 0 Å². The number of amides is 1. The van der Waals surface area contributed by atoms with Gasteiger partial charge >= 0.3 is 5.97 Å². The second-order valence-corrected chi connectivity index (χ2v) is 6.69. The monoisotopic (exact) mass is 291 g/mol. The van der Waals surface area contributed by atoms with Crippen LogP contribution in [-0.2, 0) is 9.53 Å².